The van der Waals surface area contributed by atoms with Crippen molar-refractivity contribution in [1.82, 2.24) is 14.0 Å². The summed E-state index contributed by atoms with van der Waals surface area (Å²) < 4.78 is 29.2. The van der Waals surface area contributed by atoms with Crippen LogP contribution in [0.4, 0.5) is 0 Å². The Kier molecular flexibility index (Phi) is 4.91. The zero-order chi connectivity index (χ0) is 19.7. The fourth-order valence-corrected chi connectivity index (χ4v) is 5.25. The lowest BCUT2D eigenvalue weighted by Gasteiger charge is -2.26. The van der Waals surface area contributed by atoms with Crippen LogP contribution >= 0.6 is 0 Å². The van der Waals surface area contributed by atoms with Gasteiger partial charge in [-0.1, -0.05) is 24.6 Å². The molecule has 146 valence electrons. The van der Waals surface area contributed by atoms with Crippen LogP contribution in [0.3, 0.4) is 0 Å². The molecule has 8 heteroatoms. The minimum atomic E-state index is -3.61. The van der Waals surface area contributed by atoms with Crippen LogP contribution in [0.25, 0.3) is 11.0 Å². The van der Waals surface area contributed by atoms with E-state index in [1.165, 1.54) is 21.4 Å². The maximum atomic E-state index is 13.1. The van der Waals surface area contributed by atoms with Crippen molar-refractivity contribution in [2.75, 3.05) is 18.5 Å². The number of aromatic nitrogens is 2. The number of nitrogens with one attached hydrogen (secondary N) is 1. The first-order valence-corrected chi connectivity index (χ1v) is 10.7. The van der Waals surface area contributed by atoms with E-state index in [4.69, 9.17) is 0 Å². The van der Waals surface area contributed by atoms with Crippen molar-refractivity contribution in [2.24, 2.45) is 0 Å². The highest BCUT2D eigenvalue weighted by Crippen LogP contribution is 2.24. The molecule has 2 heterocycles. The van der Waals surface area contributed by atoms with Gasteiger partial charge in [-0.15, -0.1) is 0 Å². The third-order valence-electron chi connectivity index (χ3n) is 5.06. The van der Waals surface area contributed by atoms with Crippen LogP contribution in [-0.2, 0) is 10.0 Å². The van der Waals surface area contributed by atoms with E-state index in [-0.39, 0.29) is 4.90 Å². The predicted molar refractivity (Wildman–Crippen MR) is 107 cm³/mol. The highest BCUT2D eigenvalue weighted by Gasteiger charge is 2.28. The van der Waals surface area contributed by atoms with E-state index in [0.29, 0.717) is 24.2 Å². The monoisotopic (exact) mass is 398 g/mol. The quantitative estimate of drug-likeness (QED) is 0.732. The average molecular weight is 398 g/mol. The van der Waals surface area contributed by atoms with Crippen molar-refractivity contribution in [1.29, 1.82) is 0 Å². The van der Waals surface area contributed by atoms with Gasteiger partial charge in [-0.05, 0) is 49.6 Å². The molecule has 1 saturated heterocycles. The molecule has 1 amide bonds. The third-order valence-corrected chi connectivity index (χ3v) is 7.10. The summed E-state index contributed by atoms with van der Waals surface area (Å²) in [7, 11) is -3.61. The summed E-state index contributed by atoms with van der Waals surface area (Å²) in [6, 6.07) is 12.2. The van der Waals surface area contributed by atoms with E-state index in [9.17, 15) is 13.2 Å². The Hall–Kier alpha value is -2.71. The summed E-state index contributed by atoms with van der Waals surface area (Å²) in [5, 5.41) is 0. The number of fused-ring (bicyclic) bond motifs is 1. The highest BCUT2D eigenvalue weighted by atomic mass is 32.2. The second kappa shape index (κ2) is 7.37. The number of rotatable bonds is 4. The minimum Gasteiger partial charge on any atom is -0.267 e. The number of carbonyl (C=O) groups excluding carboxylic acids is 1. The van der Waals surface area contributed by atoms with Crippen LogP contribution < -0.4 is 5.43 Å². The van der Waals surface area contributed by atoms with Gasteiger partial charge in [0.25, 0.3) is 5.91 Å². The number of amides is 1. The maximum absolute atomic E-state index is 13.1. The molecule has 1 aliphatic heterocycles. The molecule has 2 aromatic carbocycles. The van der Waals surface area contributed by atoms with Gasteiger partial charge in [-0.2, -0.15) is 4.31 Å². The number of benzene rings is 2. The molecule has 0 saturated carbocycles. The summed E-state index contributed by atoms with van der Waals surface area (Å²) in [4.78, 5) is 17.2. The smallest absolute Gasteiger partial charge is 0.267 e. The minimum absolute atomic E-state index is 0.192. The summed E-state index contributed by atoms with van der Waals surface area (Å²) in [5.41, 5.74) is 5.22. The molecule has 28 heavy (non-hydrogen) atoms. The molecule has 3 aromatic rings. The standard InChI is InChI=1S/C20H22N4O3S/c1-15-9-10-16(13-19(15)28(26,27)23-11-5-2-6-12-23)20(25)22-24-14-21-17-7-3-4-8-18(17)24/h3-4,7-10,13-14H,2,5-6,11-12H2,1H3,(H,22,25). The van der Waals surface area contributed by atoms with Crippen molar-refractivity contribution in [2.45, 2.75) is 31.1 Å². The lowest BCUT2D eigenvalue weighted by Crippen LogP contribution is -2.36. The number of hydrogen-bond donors (Lipinski definition) is 1. The van der Waals surface area contributed by atoms with Gasteiger partial charge in [-0.3, -0.25) is 10.2 Å². The van der Waals surface area contributed by atoms with E-state index < -0.39 is 15.9 Å². The molecule has 1 N–H and O–H groups in total. The first kappa shape index (κ1) is 18.6. The van der Waals surface area contributed by atoms with E-state index in [1.807, 2.05) is 24.3 Å². The predicted octanol–water partition coefficient (Wildman–Crippen LogP) is 2.90. The Morgan fingerprint density at radius 1 is 1.07 bits per heavy atom. The van der Waals surface area contributed by atoms with Crippen molar-refractivity contribution in [3.8, 4) is 0 Å². The SMILES string of the molecule is Cc1ccc(C(=O)Nn2cnc3ccccc32)cc1S(=O)(=O)N1CCCCC1. The molecular formula is C20H22N4O3S. The van der Waals surface area contributed by atoms with Crippen LogP contribution in [-0.4, -0.2) is 41.4 Å². The van der Waals surface area contributed by atoms with Crippen LogP contribution in [0.2, 0.25) is 0 Å². The first-order valence-electron chi connectivity index (χ1n) is 9.31. The average Bonchev–Trinajstić information content (AvgIpc) is 3.12. The van der Waals surface area contributed by atoms with Crippen LogP contribution in [0.15, 0.2) is 53.7 Å². The second-order valence-electron chi connectivity index (χ2n) is 6.99. The van der Waals surface area contributed by atoms with Crippen molar-refractivity contribution in [3.05, 3.63) is 59.9 Å². The van der Waals surface area contributed by atoms with Crippen LogP contribution in [0, 0.1) is 6.92 Å². The number of imidazole rings is 1. The number of piperidine rings is 1. The topological polar surface area (TPSA) is 84.3 Å². The summed E-state index contributed by atoms with van der Waals surface area (Å²) in [6.07, 6.45) is 4.31. The lowest BCUT2D eigenvalue weighted by atomic mass is 10.1. The Morgan fingerprint density at radius 3 is 2.61 bits per heavy atom. The largest absolute Gasteiger partial charge is 0.270 e. The number of hydrogen-bond acceptors (Lipinski definition) is 4. The molecule has 7 nitrogen and oxygen atoms in total. The molecule has 0 aliphatic carbocycles. The van der Waals surface area contributed by atoms with Gasteiger partial charge in [0.1, 0.15) is 6.33 Å². The van der Waals surface area contributed by atoms with Crippen molar-refractivity contribution in [3.63, 3.8) is 0 Å². The number of para-hydroxylation sites is 2. The van der Waals surface area contributed by atoms with Gasteiger partial charge in [-0.25, -0.2) is 18.1 Å². The van der Waals surface area contributed by atoms with Crippen LogP contribution in [0.5, 0.6) is 0 Å². The molecule has 1 aromatic heterocycles. The molecule has 0 spiro atoms. The number of nitrogens with zero attached hydrogens (tertiary/aromatic N) is 3. The lowest BCUT2D eigenvalue weighted by molar-refractivity contribution is 0.101. The summed E-state index contributed by atoms with van der Waals surface area (Å²) in [5.74, 6) is -0.391. The zero-order valence-corrected chi connectivity index (χ0v) is 16.4. The van der Waals surface area contributed by atoms with E-state index in [0.717, 1.165) is 30.3 Å². The van der Waals surface area contributed by atoms with Gasteiger partial charge in [0, 0.05) is 18.7 Å². The molecule has 0 atom stereocenters. The van der Waals surface area contributed by atoms with E-state index in [1.54, 1.807) is 19.1 Å². The number of sulfonamides is 1. The van der Waals surface area contributed by atoms with Crippen molar-refractivity contribution < 1.29 is 13.2 Å². The van der Waals surface area contributed by atoms with Gasteiger partial charge < -0.3 is 0 Å². The van der Waals surface area contributed by atoms with E-state index in [2.05, 4.69) is 10.4 Å². The fraction of sp³-hybridized carbons (Fsp3) is 0.300. The maximum Gasteiger partial charge on any atom is 0.270 e. The molecule has 1 aliphatic rings. The fourth-order valence-electron chi connectivity index (χ4n) is 3.49. The molecule has 0 bridgehead atoms. The normalized spacial score (nSPS) is 15.6. The molecule has 0 unspecified atom stereocenters. The van der Waals surface area contributed by atoms with E-state index >= 15 is 0 Å². The number of carbonyl (C=O) groups is 1. The molecule has 4 rings (SSSR count). The second-order valence-corrected chi connectivity index (χ2v) is 8.90. The molecule has 0 radical (unpaired) electrons. The number of aryl methyl sites for hydroxylation is 1. The van der Waals surface area contributed by atoms with Gasteiger partial charge >= 0.3 is 0 Å². The summed E-state index contributed by atoms with van der Waals surface area (Å²) in [6.45, 7) is 2.81. The van der Waals surface area contributed by atoms with Gasteiger partial charge in [0.15, 0.2) is 0 Å². The Balaban J connectivity index is 1.63. The molecule has 1 fully saturated rings. The Morgan fingerprint density at radius 2 is 1.82 bits per heavy atom. The zero-order valence-electron chi connectivity index (χ0n) is 15.6. The molecular weight excluding hydrogens is 376 g/mol. The van der Waals surface area contributed by atoms with Crippen molar-refractivity contribution >= 4 is 27.0 Å². The first-order chi connectivity index (χ1) is 13.5. The Bertz CT molecular complexity index is 1130. The van der Waals surface area contributed by atoms with Gasteiger partial charge in [0.2, 0.25) is 10.0 Å². The summed E-state index contributed by atoms with van der Waals surface area (Å²) >= 11 is 0. The Labute approximate surface area is 164 Å². The van der Waals surface area contributed by atoms with Gasteiger partial charge in [0.05, 0.1) is 15.9 Å². The highest BCUT2D eigenvalue weighted by molar-refractivity contribution is 7.89. The van der Waals surface area contributed by atoms with Crippen LogP contribution in [0.1, 0.15) is 35.2 Å². The third kappa shape index (κ3) is 3.41.